The van der Waals surface area contributed by atoms with Gasteiger partial charge in [-0.15, -0.1) is 0 Å². The second-order valence-corrected chi connectivity index (χ2v) is 6.61. The van der Waals surface area contributed by atoms with E-state index in [0.29, 0.717) is 23.8 Å². The van der Waals surface area contributed by atoms with Gasteiger partial charge in [0.25, 0.3) is 5.91 Å². The second-order valence-electron chi connectivity index (χ2n) is 6.61. The minimum atomic E-state index is -0.595. The Morgan fingerprint density at radius 3 is 2.33 bits per heavy atom. The fraction of sp³-hybridized carbons (Fsp3) is 0.286. The first-order valence-corrected chi connectivity index (χ1v) is 9.46. The highest BCUT2D eigenvalue weighted by molar-refractivity contribution is 6.00. The average Bonchev–Trinajstić information content (AvgIpc) is 3.14. The molecule has 3 rings (SSSR count). The molecule has 1 saturated heterocycles. The summed E-state index contributed by atoms with van der Waals surface area (Å²) in [6.45, 7) is 2.29. The summed E-state index contributed by atoms with van der Waals surface area (Å²) < 4.78 is 23.4. The highest BCUT2D eigenvalue weighted by Gasteiger charge is 2.35. The normalized spacial score (nSPS) is 15.6. The molecule has 8 nitrogen and oxygen atoms in total. The van der Waals surface area contributed by atoms with Crippen LogP contribution in [0.5, 0.6) is 11.5 Å². The fourth-order valence-electron chi connectivity index (χ4n) is 2.97. The van der Waals surface area contributed by atoms with Crippen molar-refractivity contribution in [2.75, 3.05) is 24.7 Å². The van der Waals surface area contributed by atoms with Gasteiger partial charge in [-0.1, -0.05) is 0 Å². The van der Waals surface area contributed by atoms with Crippen molar-refractivity contribution in [1.82, 2.24) is 10.9 Å². The molecule has 0 bridgehead atoms. The van der Waals surface area contributed by atoms with Gasteiger partial charge in [0, 0.05) is 18.7 Å². The molecular weight excluding hydrogens is 393 g/mol. The third kappa shape index (κ3) is 5.47. The van der Waals surface area contributed by atoms with Crippen LogP contribution in [0.15, 0.2) is 48.5 Å². The molecule has 1 fully saturated rings. The summed E-state index contributed by atoms with van der Waals surface area (Å²) in [6, 6.07) is 12.3. The summed E-state index contributed by atoms with van der Waals surface area (Å²) >= 11 is 0. The maximum atomic E-state index is 12.8. The third-order valence-corrected chi connectivity index (χ3v) is 4.46. The molecule has 0 saturated carbocycles. The van der Waals surface area contributed by atoms with Crippen molar-refractivity contribution in [2.45, 2.75) is 13.3 Å². The van der Waals surface area contributed by atoms with Gasteiger partial charge in [-0.05, 0) is 55.5 Å². The van der Waals surface area contributed by atoms with Crippen molar-refractivity contribution >= 4 is 23.4 Å². The number of nitrogens with one attached hydrogen (secondary N) is 2. The predicted molar refractivity (Wildman–Crippen MR) is 106 cm³/mol. The molecule has 1 aliphatic heterocycles. The zero-order chi connectivity index (χ0) is 21.5. The van der Waals surface area contributed by atoms with Crippen LogP contribution < -0.4 is 25.2 Å². The summed E-state index contributed by atoms with van der Waals surface area (Å²) in [5.41, 5.74) is 5.24. The van der Waals surface area contributed by atoms with Crippen LogP contribution >= 0.6 is 0 Å². The van der Waals surface area contributed by atoms with E-state index in [0.717, 1.165) is 0 Å². The number of hydrazine groups is 1. The largest absolute Gasteiger partial charge is 0.494 e. The Morgan fingerprint density at radius 1 is 1.03 bits per heavy atom. The van der Waals surface area contributed by atoms with Crippen LogP contribution in [0.25, 0.3) is 0 Å². The van der Waals surface area contributed by atoms with Crippen LogP contribution in [0.1, 0.15) is 13.3 Å². The van der Waals surface area contributed by atoms with Crippen molar-refractivity contribution in [2.24, 2.45) is 5.92 Å². The lowest BCUT2D eigenvalue weighted by Crippen LogP contribution is -2.46. The summed E-state index contributed by atoms with van der Waals surface area (Å²) in [5, 5.41) is 0. The van der Waals surface area contributed by atoms with Gasteiger partial charge < -0.3 is 14.4 Å². The van der Waals surface area contributed by atoms with E-state index < -0.39 is 23.5 Å². The monoisotopic (exact) mass is 415 g/mol. The lowest BCUT2D eigenvalue weighted by Gasteiger charge is -2.17. The lowest BCUT2D eigenvalue weighted by molar-refractivity contribution is -0.132. The van der Waals surface area contributed by atoms with Gasteiger partial charge in [-0.3, -0.25) is 25.2 Å². The maximum absolute atomic E-state index is 12.8. The summed E-state index contributed by atoms with van der Waals surface area (Å²) in [6.07, 6.45) is 0.0427. The molecule has 0 aliphatic carbocycles. The fourth-order valence-corrected chi connectivity index (χ4v) is 2.97. The van der Waals surface area contributed by atoms with Crippen molar-refractivity contribution in [3.05, 3.63) is 54.3 Å². The maximum Gasteiger partial charge on any atom is 0.276 e. The predicted octanol–water partition coefficient (Wildman–Crippen LogP) is 1.80. The van der Waals surface area contributed by atoms with Gasteiger partial charge in [0.2, 0.25) is 11.8 Å². The Bertz CT molecular complexity index is 902. The van der Waals surface area contributed by atoms with Crippen LogP contribution in [0.4, 0.5) is 10.1 Å². The topological polar surface area (TPSA) is 97.0 Å². The number of nitrogens with zero attached hydrogens (tertiary/aromatic N) is 1. The van der Waals surface area contributed by atoms with Gasteiger partial charge in [-0.2, -0.15) is 0 Å². The number of anilines is 1. The average molecular weight is 415 g/mol. The number of amides is 3. The molecule has 0 spiro atoms. The highest BCUT2D eigenvalue weighted by atomic mass is 19.1. The SMILES string of the molecule is CCOc1ccc(N2C[C@H](C(=O)NNC(=O)COc3ccc(F)cc3)CC2=O)cc1. The quantitative estimate of drug-likeness (QED) is 0.673. The van der Waals surface area contributed by atoms with Crippen LogP contribution in [0.2, 0.25) is 0 Å². The summed E-state index contributed by atoms with van der Waals surface area (Å²) in [5.74, 6) is -1.21. The molecule has 2 aromatic rings. The summed E-state index contributed by atoms with van der Waals surface area (Å²) in [7, 11) is 0. The van der Waals surface area contributed by atoms with E-state index in [-0.39, 0.29) is 25.5 Å². The molecule has 158 valence electrons. The molecular formula is C21H22FN3O5. The van der Waals surface area contributed by atoms with Gasteiger partial charge in [0.05, 0.1) is 12.5 Å². The molecule has 0 unspecified atom stereocenters. The van der Waals surface area contributed by atoms with Crippen molar-refractivity contribution in [1.29, 1.82) is 0 Å². The second kappa shape index (κ2) is 9.73. The Balaban J connectivity index is 1.45. The first-order valence-electron chi connectivity index (χ1n) is 9.46. The Labute approximate surface area is 172 Å². The molecule has 1 heterocycles. The zero-order valence-electron chi connectivity index (χ0n) is 16.4. The Kier molecular flexibility index (Phi) is 6.84. The standard InChI is InChI=1S/C21H22FN3O5/c1-2-29-17-9-5-16(6-10-17)25-12-14(11-20(25)27)21(28)24-23-19(26)13-30-18-7-3-15(22)4-8-18/h3-10,14H,2,11-13H2,1H3,(H,23,26)(H,24,28)/t14-/m1/s1. The van der Waals surface area contributed by atoms with Crippen LogP contribution in [-0.4, -0.2) is 37.5 Å². The van der Waals surface area contributed by atoms with E-state index in [1.54, 1.807) is 24.3 Å². The van der Waals surface area contributed by atoms with E-state index in [9.17, 15) is 18.8 Å². The first kappa shape index (κ1) is 21.1. The minimum absolute atomic E-state index is 0.0427. The molecule has 0 aromatic heterocycles. The molecule has 9 heteroatoms. The van der Waals surface area contributed by atoms with Gasteiger partial charge in [-0.25, -0.2) is 4.39 Å². The van der Waals surface area contributed by atoms with Crippen LogP contribution in [0, 0.1) is 11.7 Å². The number of halogens is 1. The lowest BCUT2D eigenvalue weighted by atomic mass is 10.1. The van der Waals surface area contributed by atoms with E-state index >= 15 is 0 Å². The number of carbonyl (C=O) groups is 3. The van der Waals surface area contributed by atoms with Crippen molar-refractivity contribution < 1.29 is 28.2 Å². The van der Waals surface area contributed by atoms with E-state index in [1.165, 1.54) is 29.2 Å². The van der Waals surface area contributed by atoms with Crippen molar-refractivity contribution in [3.63, 3.8) is 0 Å². The van der Waals surface area contributed by atoms with E-state index in [2.05, 4.69) is 10.9 Å². The Morgan fingerprint density at radius 2 is 1.67 bits per heavy atom. The highest BCUT2D eigenvalue weighted by Crippen LogP contribution is 2.26. The number of hydrogen-bond acceptors (Lipinski definition) is 5. The van der Waals surface area contributed by atoms with Crippen LogP contribution in [0.3, 0.4) is 0 Å². The number of ether oxygens (including phenoxy) is 2. The van der Waals surface area contributed by atoms with E-state index in [1.807, 2.05) is 6.92 Å². The van der Waals surface area contributed by atoms with Gasteiger partial charge in [0.15, 0.2) is 6.61 Å². The van der Waals surface area contributed by atoms with Crippen molar-refractivity contribution in [3.8, 4) is 11.5 Å². The molecule has 2 N–H and O–H groups in total. The number of carbonyl (C=O) groups excluding carboxylic acids is 3. The molecule has 1 atom stereocenters. The molecule has 1 aliphatic rings. The van der Waals surface area contributed by atoms with E-state index in [4.69, 9.17) is 9.47 Å². The minimum Gasteiger partial charge on any atom is -0.494 e. The molecule has 3 amide bonds. The zero-order valence-corrected chi connectivity index (χ0v) is 16.4. The first-order chi connectivity index (χ1) is 14.5. The molecule has 30 heavy (non-hydrogen) atoms. The smallest absolute Gasteiger partial charge is 0.276 e. The van der Waals surface area contributed by atoms with Gasteiger partial charge >= 0.3 is 0 Å². The number of benzene rings is 2. The Hall–Kier alpha value is -3.62. The molecule has 0 radical (unpaired) electrons. The summed E-state index contributed by atoms with van der Waals surface area (Å²) in [4.78, 5) is 38.0. The third-order valence-electron chi connectivity index (χ3n) is 4.46. The number of rotatable bonds is 7. The van der Waals surface area contributed by atoms with Crippen LogP contribution in [-0.2, 0) is 14.4 Å². The van der Waals surface area contributed by atoms with Gasteiger partial charge in [0.1, 0.15) is 17.3 Å². The number of hydrogen-bond donors (Lipinski definition) is 2. The molecule has 2 aromatic carbocycles.